The Morgan fingerprint density at radius 3 is 1.00 bits per heavy atom. The van der Waals surface area contributed by atoms with Gasteiger partial charge in [0.2, 0.25) is 0 Å². The molecule has 3 aliphatic heterocycles. The highest BCUT2D eigenvalue weighted by molar-refractivity contribution is 5.75. The lowest BCUT2D eigenvalue weighted by Gasteiger charge is -2.36. The van der Waals surface area contributed by atoms with Crippen LogP contribution in [0.15, 0.2) is 43.2 Å². The summed E-state index contributed by atoms with van der Waals surface area (Å²) in [6.45, 7) is 14.7. The number of piperazine rings is 3. The van der Waals surface area contributed by atoms with Crippen LogP contribution in [0.2, 0.25) is 0 Å². The van der Waals surface area contributed by atoms with Gasteiger partial charge in [-0.3, -0.25) is 33.7 Å². The van der Waals surface area contributed by atoms with Crippen LogP contribution in [-0.4, -0.2) is 165 Å². The van der Waals surface area contributed by atoms with Crippen molar-refractivity contribution in [1.29, 1.82) is 0 Å². The minimum Gasteiger partial charge on any atom is -0.488 e. The standard InChI is InChI=1S/C54H80N12O14/c1-4-78-47-38(41(67)44(47)70)59-27-25-58(26-28-59)37-55-19-13-7-10-16-22-64-52(75)65(23-17-11-8-14-20-56-50(73)62-33-29-60(30-34-62)39-42(68)45(71)48(39)79-5-2)54(77)66(53(64)76)24-18-12-9-15-21-57-51(74)63-35-31-61(32-36-63)40-43(69)46(72)49(40)80-6-3/h55H,4-37H2,1-3H3,(H,56,73)(H,57,74). The van der Waals surface area contributed by atoms with Crippen LogP contribution in [0.3, 0.4) is 0 Å². The molecule has 4 aromatic rings. The molecule has 26 nitrogen and oxygen atoms in total. The molecule has 4 amide bonds. The molecule has 0 bridgehead atoms. The summed E-state index contributed by atoms with van der Waals surface area (Å²) < 4.78 is 19.6. The van der Waals surface area contributed by atoms with E-state index in [2.05, 4.69) is 20.9 Å². The lowest BCUT2D eigenvalue weighted by atomic mass is 10.1. The second kappa shape index (κ2) is 29.4. The number of rotatable bonds is 32. The van der Waals surface area contributed by atoms with Crippen LogP contribution in [0.25, 0.3) is 0 Å². The highest BCUT2D eigenvalue weighted by atomic mass is 16.5. The molecule has 0 atom stereocenters. The number of unbranched alkanes of at least 4 members (excludes halogenated alkanes) is 9. The number of anilines is 3. The minimum atomic E-state index is -0.639. The average Bonchev–Trinajstić information content (AvgIpc) is 3.55. The number of hydrogen-bond donors (Lipinski definition) is 3. The smallest absolute Gasteiger partial charge is 0.336 e. The molecule has 3 aliphatic rings. The van der Waals surface area contributed by atoms with Gasteiger partial charge in [0.25, 0.3) is 32.6 Å². The molecular weight excluding hydrogens is 1040 g/mol. The zero-order valence-electron chi connectivity index (χ0n) is 46.8. The van der Waals surface area contributed by atoms with Gasteiger partial charge in [-0.2, -0.15) is 0 Å². The average molecular weight is 1120 g/mol. The molecule has 0 unspecified atom stereocenters. The van der Waals surface area contributed by atoms with Crippen molar-refractivity contribution in [3.63, 3.8) is 0 Å². The Kier molecular flexibility index (Phi) is 22.2. The van der Waals surface area contributed by atoms with Crippen molar-refractivity contribution in [3.8, 4) is 17.2 Å². The lowest BCUT2D eigenvalue weighted by Crippen LogP contribution is -2.54. The maximum atomic E-state index is 13.8. The maximum absolute atomic E-state index is 13.8. The van der Waals surface area contributed by atoms with Crippen LogP contribution in [0.1, 0.15) is 97.8 Å². The van der Waals surface area contributed by atoms with Crippen LogP contribution < -0.4 is 94.5 Å². The summed E-state index contributed by atoms with van der Waals surface area (Å²) >= 11 is 0. The highest BCUT2D eigenvalue weighted by Crippen LogP contribution is 2.26. The van der Waals surface area contributed by atoms with Gasteiger partial charge >= 0.3 is 29.1 Å². The molecular formula is C54H80N12O14. The molecule has 0 saturated carbocycles. The summed E-state index contributed by atoms with van der Waals surface area (Å²) in [5.74, 6) is 0.362. The Morgan fingerprint density at radius 1 is 0.375 bits per heavy atom. The lowest BCUT2D eigenvalue weighted by molar-refractivity contribution is 0.193. The first-order valence-electron chi connectivity index (χ1n) is 28.8. The topological polar surface area (TPSA) is 286 Å². The quantitative estimate of drug-likeness (QED) is 0.0401. The fraction of sp³-hybridized carbons (Fsp3) is 0.685. The molecule has 3 aromatic carbocycles. The largest absolute Gasteiger partial charge is 0.488 e. The number of ether oxygens (including phenoxy) is 3. The van der Waals surface area contributed by atoms with Gasteiger partial charge in [0.15, 0.2) is 17.2 Å². The van der Waals surface area contributed by atoms with Gasteiger partial charge in [-0.05, 0) is 65.8 Å². The van der Waals surface area contributed by atoms with Crippen molar-refractivity contribution in [2.24, 2.45) is 0 Å². The van der Waals surface area contributed by atoms with Crippen molar-refractivity contribution < 1.29 is 23.8 Å². The van der Waals surface area contributed by atoms with Crippen molar-refractivity contribution in [1.82, 2.24) is 44.4 Å². The zero-order valence-corrected chi connectivity index (χ0v) is 46.8. The third-order valence-corrected chi connectivity index (χ3v) is 15.2. The van der Waals surface area contributed by atoms with Crippen LogP contribution in [-0.2, 0) is 19.6 Å². The molecule has 0 aliphatic carbocycles. The van der Waals surface area contributed by atoms with Gasteiger partial charge < -0.3 is 54.7 Å². The molecule has 0 radical (unpaired) electrons. The fourth-order valence-corrected chi connectivity index (χ4v) is 10.6. The van der Waals surface area contributed by atoms with Crippen molar-refractivity contribution in [2.75, 3.05) is 139 Å². The number of nitrogens with one attached hydrogen (secondary N) is 3. The SMILES string of the molecule is CCOc1c(N2CCN(CNCCCCCCn3c(=O)n(CCCCCCNC(=O)N4CCN(c5c(OCC)c(=O)c5=O)CC4)c(=O)n(CCCCCCNC(=O)N4CCN(c5c(OCC)c(=O)c5=O)CC4)c3=O)CC2)c(=O)c1=O. The van der Waals surface area contributed by atoms with Crippen LogP contribution >= 0.6 is 0 Å². The molecule has 80 heavy (non-hydrogen) atoms. The number of amides is 4. The fourth-order valence-electron chi connectivity index (χ4n) is 10.6. The molecule has 440 valence electrons. The van der Waals surface area contributed by atoms with E-state index in [1.54, 1.807) is 40.4 Å². The molecule has 26 heteroatoms. The summed E-state index contributed by atoms with van der Waals surface area (Å²) in [5.41, 5.74) is -4.33. The second-order valence-corrected chi connectivity index (χ2v) is 20.5. The summed E-state index contributed by atoms with van der Waals surface area (Å²) in [7, 11) is 0. The summed E-state index contributed by atoms with van der Waals surface area (Å²) in [5, 5.41) is 9.36. The van der Waals surface area contributed by atoms with Gasteiger partial charge in [0, 0.05) is 118 Å². The number of carbonyl (C=O) groups is 2. The van der Waals surface area contributed by atoms with Crippen molar-refractivity contribution in [3.05, 3.63) is 92.8 Å². The molecule has 7 rings (SSSR count). The van der Waals surface area contributed by atoms with Gasteiger partial charge in [-0.25, -0.2) is 37.7 Å². The van der Waals surface area contributed by atoms with E-state index in [1.165, 1.54) is 13.7 Å². The van der Waals surface area contributed by atoms with Crippen LogP contribution in [0.4, 0.5) is 26.7 Å². The monoisotopic (exact) mass is 1120 g/mol. The summed E-state index contributed by atoms with van der Waals surface area (Å²) in [6, 6.07) is -0.441. The van der Waals surface area contributed by atoms with E-state index in [4.69, 9.17) is 14.2 Å². The Bertz CT molecular complexity index is 2970. The van der Waals surface area contributed by atoms with Crippen molar-refractivity contribution >= 4 is 29.1 Å². The number of aromatic nitrogens is 3. The first-order chi connectivity index (χ1) is 38.7. The molecule has 3 N–H and O–H groups in total. The normalized spacial score (nSPS) is 15.4. The van der Waals surface area contributed by atoms with E-state index in [0.29, 0.717) is 142 Å². The number of hydrogen-bond acceptors (Lipinski definition) is 19. The van der Waals surface area contributed by atoms with Crippen LogP contribution in [0.5, 0.6) is 17.2 Å². The van der Waals surface area contributed by atoms with Gasteiger partial charge in [0.05, 0.1) is 19.8 Å². The van der Waals surface area contributed by atoms with E-state index in [0.717, 1.165) is 51.7 Å². The van der Waals surface area contributed by atoms with Gasteiger partial charge in [0.1, 0.15) is 17.1 Å². The Balaban J connectivity index is 0.829. The molecule has 3 saturated heterocycles. The molecule has 1 aromatic heterocycles. The first-order valence-corrected chi connectivity index (χ1v) is 28.8. The van der Waals surface area contributed by atoms with Gasteiger partial charge in [-0.15, -0.1) is 0 Å². The van der Waals surface area contributed by atoms with E-state index in [9.17, 15) is 52.7 Å². The first kappa shape index (κ1) is 60.5. The summed E-state index contributed by atoms with van der Waals surface area (Å²) in [4.78, 5) is 151. The van der Waals surface area contributed by atoms with E-state index < -0.39 is 49.6 Å². The van der Waals surface area contributed by atoms with E-state index >= 15 is 0 Å². The second-order valence-electron chi connectivity index (χ2n) is 20.5. The minimum absolute atomic E-state index is 0.0945. The number of carbonyl (C=O) groups excluding carboxylic acids is 2. The third kappa shape index (κ3) is 14.4. The van der Waals surface area contributed by atoms with Crippen LogP contribution in [0, 0.1) is 0 Å². The Labute approximate surface area is 462 Å². The highest BCUT2D eigenvalue weighted by Gasteiger charge is 2.33. The molecule has 0 spiro atoms. The van der Waals surface area contributed by atoms with Crippen molar-refractivity contribution in [2.45, 2.75) is 117 Å². The maximum Gasteiger partial charge on any atom is 0.336 e. The zero-order chi connectivity index (χ0) is 57.3. The molecule has 4 heterocycles. The third-order valence-electron chi connectivity index (χ3n) is 15.2. The predicted octanol–water partition coefficient (Wildman–Crippen LogP) is -0.730. The Morgan fingerprint density at radius 2 is 0.675 bits per heavy atom. The number of nitrogens with zero attached hydrogens (tertiary/aromatic N) is 9. The van der Waals surface area contributed by atoms with E-state index in [1.807, 2.05) is 4.90 Å². The Hall–Kier alpha value is -7.09. The summed E-state index contributed by atoms with van der Waals surface area (Å²) in [6.07, 6.45) is 8.23. The predicted molar refractivity (Wildman–Crippen MR) is 303 cm³/mol. The molecule has 3 fully saturated rings. The van der Waals surface area contributed by atoms with Gasteiger partial charge in [-0.1, -0.05) is 38.5 Å². The van der Waals surface area contributed by atoms with E-state index in [-0.39, 0.29) is 73.5 Å². The number of urea groups is 2.